The van der Waals surface area contributed by atoms with Crippen LogP contribution in [0.4, 0.5) is 18.9 Å². The lowest BCUT2D eigenvalue weighted by Gasteiger charge is -2.33. The summed E-state index contributed by atoms with van der Waals surface area (Å²) in [6.07, 6.45) is -4.49. The van der Waals surface area contributed by atoms with Gasteiger partial charge in [0.1, 0.15) is 30.0 Å². The molecule has 0 aliphatic carbocycles. The van der Waals surface area contributed by atoms with Crippen LogP contribution >= 0.6 is 11.6 Å². The number of fused-ring (bicyclic) bond motifs is 3. The van der Waals surface area contributed by atoms with Gasteiger partial charge in [0, 0.05) is 10.6 Å². The van der Waals surface area contributed by atoms with Gasteiger partial charge >= 0.3 is 6.18 Å². The zero-order chi connectivity index (χ0) is 27.0. The number of ether oxygens (including phenoxy) is 2. The summed E-state index contributed by atoms with van der Waals surface area (Å²) >= 11 is 6.28. The molecule has 1 N–H and O–H groups in total. The van der Waals surface area contributed by atoms with Gasteiger partial charge < -0.3 is 14.6 Å². The van der Waals surface area contributed by atoms with Gasteiger partial charge in [-0.3, -0.25) is 14.7 Å². The van der Waals surface area contributed by atoms with Crippen LogP contribution in [0.5, 0.6) is 5.75 Å². The van der Waals surface area contributed by atoms with Gasteiger partial charge in [0.25, 0.3) is 6.47 Å². The van der Waals surface area contributed by atoms with Crippen LogP contribution in [0.25, 0.3) is 0 Å². The summed E-state index contributed by atoms with van der Waals surface area (Å²) in [5.41, 5.74) is 2.13. The van der Waals surface area contributed by atoms with Crippen molar-refractivity contribution in [3.63, 3.8) is 0 Å². The molecule has 10 heteroatoms. The standard InChI is InChI=1S/C23H22ClF3N2O2.C2H6.CH2O2/c1-4-15-16(6-5-7-19(15)30-3)21-17-10-14(24)8-9-18(17)29-20(12-31-21)28-11-13(2)22(29)23(25,26)27;1-2;2-1-3/h5-10,21H,4,11-12H2,1-3H3;1-2H3;1H,(H,2,3)/t21-;;/m1../s1. The number of hydrogen-bond donors (Lipinski definition) is 1. The van der Waals surface area contributed by atoms with Gasteiger partial charge in [0.05, 0.1) is 19.3 Å². The van der Waals surface area contributed by atoms with E-state index in [0.717, 1.165) is 11.1 Å². The van der Waals surface area contributed by atoms with Crippen molar-refractivity contribution >= 4 is 29.6 Å². The monoisotopic (exact) mass is 526 g/mol. The lowest BCUT2D eigenvalue weighted by atomic mass is 9.93. The molecule has 0 amide bonds. The molecule has 0 bridgehead atoms. The third kappa shape index (κ3) is 6.02. The Morgan fingerprint density at radius 2 is 1.92 bits per heavy atom. The summed E-state index contributed by atoms with van der Waals surface area (Å²) in [5, 5.41) is 7.31. The normalized spacial score (nSPS) is 16.8. The third-order valence-corrected chi connectivity index (χ3v) is 5.81. The maximum atomic E-state index is 14.1. The van der Waals surface area contributed by atoms with Gasteiger partial charge in [-0.15, -0.1) is 0 Å². The molecule has 1 atom stereocenters. The number of rotatable bonds is 3. The van der Waals surface area contributed by atoms with Crippen LogP contribution in [0.15, 0.2) is 52.7 Å². The Kier molecular flexibility index (Phi) is 10.4. The van der Waals surface area contributed by atoms with Crippen LogP contribution in [-0.4, -0.2) is 43.9 Å². The lowest BCUT2D eigenvalue weighted by molar-refractivity contribution is -0.122. The molecule has 0 fully saturated rings. The number of carbonyl (C=O) groups is 1. The highest BCUT2D eigenvalue weighted by molar-refractivity contribution is 6.30. The Bertz CT molecular complexity index is 1130. The van der Waals surface area contributed by atoms with Crippen molar-refractivity contribution in [1.82, 2.24) is 0 Å². The predicted octanol–water partition coefficient (Wildman–Crippen LogP) is 6.81. The fraction of sp³-hybridized carbons (Fsp3) is 0.385. The zero-order valence-electron chi connectivity index (χ0n) is 20.8. The molecule has 196 valence electrons. The Labute approximate surface area is 214 Å². The van der Waals surface area contributed by atoms with Gasteiger partial charge in [0.15, 0.2) is 0 Å². The first kappa shape index (κ1) is 29.2. The average molecular weight is 527 g/mol. The van der Waals surface area contributed by atoms with Crippen LogP contribution in [0.3, 0.4) is 0 Å². The molecule has 6 nitrogen and oxygen atoms in total. The van der Waals surface area contributed by atoms with Gasteiger partial charge in [-0.2, -0.15) is 13.2 Å². The Morgan fingerprint density at radius 1 is 1.25 bits per heavy atom. The minimum Gasteiger partial charge on any atom is -0.496 e. The Hall–Kier alpha value is -3.04. The minimum atomic E-state index is -4.54. The summed E-state index contributed by atoms with van der Waals surface area (Å²) in [5.74, 6) is 0.933. The molecule has 4 rings (SSSR count). The smallest absolute Gasteiger partial charge is 0.431 e. The highest BCUT2D eigenvalue weighted by atomic mass is 35.5. The van der Waals surface area contributed by atoms with Crippen molar-refractivity contribution in [3.8, 4) is 5.75 Å². The van der Waals surface area contributed by atoms with E-state index in [1.54, 1.807) is 25.3 Å². The first-order valence-electron chi connectivity index (χ1n) is 11.4. The van der Waals surface area contributed by atoms with E-state index in [9.17, 15) is 13.2 Å². The molecule has 36 heavy (non-hydrogen) atoms. The zero-order valence-corrected chi connectivity index (χ0v) is 21.6. The molecule has 0 radical (unpaired) electrons. The largest absolute Gasteiger partial charge is 0.496 e. The van der Waals surface area contributed by atoms with Crippen LogP contribution in [0.1, 0.15) is 50.5 Å². The number of amidine groups is 1. The number of hydrogen-bond acceptors (Lipinski definition) is 5. The molecule has 0 saturated carbocycles. The Morgan fingerprint density at radius 3 is 2.50 bits per heavy atom. The number of aliphatic imine (C=N–C) groups is 1. The van der Waals surface area contributed by atoms with Crippen molar-refractivity contribution in [1.29, 1.82) is 0 Å². The molecule has 0 aromatic heterocycles. The predicted molar refractivity (Wildman–Crippen MR) is 135 cm³/mol. The number of benzene rings is 2. The van der Waals surface area contributed by atoms with Crippen molar-refractivity contribution in [2.75, 3.05) is 25.2 Å². The molecular formula is C26H30ClF3N2O4. The number of alkyl halides is 3. The van der Waals surface area contributed by atoms with Crippen LogP contribution in [0.2, 0.25) is 5.02 Å². The molecular weight excluding hydrogens is 497 g/mol. The van der Waals surface area contributed by atoms with Gasteiger partial charge in [-0.25, -0.2) is 0 Å². The van der Waals surface area contributed by atoms with E-state index >= 15 is 0 Å². The number of methoxy groups -OCH3 is 1. The first-order valence-corrected chi connectivity index (χ1v) is 11.8. The number of nitrogens with zero attached hydrogens (tertiary/aromatic N) is 2. The minimum absolute atomic E-state index is 0.0169. The van der Waals surface area contributed by atoms with Crippen LogP contribution in [-0.2, 0) is 16.0 Å². The highest BCUT2D eigenvalue weighted by Crippen LogP contribution is 2.45. The summed E-state index contributed by atoms with van der Waals surface area (Å²) in [4.78, 5) is 13.9. The molecule has 0 saturated heterocycles. The number of anilines is 1. The van der Waals surface area contributed by atoms with Crippen LogP contribution in [0, 0.1) is 0 Å². The van der Waals surface area contributed by atoms with Gasteiger partial charge in [-0.05, 0) is 54.3 Å². The summed E-state index contributed by atoms with van der Waals surface area (Å²) in [6.45, 7) is 7.12. The lowest BCUT2D eigenvalue weighted by Crippen LogP contribution is -2.42. The molecule has 2 aliphatic rings. The Balaban J connectivity index is 0.000000850. The fourth-order valence-electron chi connectivity index (χ4n) is 4.26. The van der Waals surface area contributed by atoms with Gasteiger partial charge in [0.2, 0.25) is 0 Å². The molecule has 0 unspecified atom stereocenters. The number of carboxylic acid groups (broad SMARTS) is 1. The molecule has 2 aliphatic heterocycles. The van der Waals surface area contributed by atoms with Crippen molar-refractivity contribution < 1.29 is 32.5 Å². The van der Waals surface area contributed by atoms with Crippen molar-refractivity contribution in [2.45, 2.75) is 46.4 Å². The van der Waals surface area contributed by atoms with Crippen LogP contribution < -0.4 is 9.64 Å². The van der Waals surface area contributed by atoms with E-state index in [0.29, 0.717) is 28.4 Å². The number of allylic oxidation sites excluding steroid dienone is 1. The van der Waals surface area contributed by atoms with Crippen molar-refractivity contribution in [2.24, 2.45) is 4.99 Å². The van der Waals surface area contributed by atoms with Gasteiger partial charge in [-0.1, -0.05) is 44.5 Å². The SMILES string of the molecule is CC.CCc1c(OC)cccc1[C@H]1OCC2=NCC(C)=C(C(F)(F)F)N2c2ccc(Cl)cc21.O=CO. The summed E-state index contributed by atoms with van der Waals surface area (Å²) in [7, 11) is 1.59. The van der Waals surface area contributed by atoms with E-state index in [2.05, 4.69) is 4.99 Å². The quantitative estimate of drug-likeness (QED) is 0.445. The second-order valence-corrected chi connectivity index (χ2v) is 8.01. The van der Waals surface area contributed by atoms with E-state index < -0.39 is 18.0 Å². The molecule has 2 aromatic carbocycles. The second kappa shape index (κ2) is 12.8. The topological polar surface area (TPSA) is 71.4 Å². The maximum absolute atomic E-state index is 14.1. The number of halogens is 4. The van der Waals surface area contributed by atoms with E-state index in [-0.39, 0.29) is 31.0 Å². The molecule has 2 heterocycles. The van der Waals surface area contributed by atoms with E-state index in [1.807, 2.05) is 39.0 Å². The first-order chi connectivity index (χ1) is 17.2. The maximum Gasteiger partial charge on any atom is 0.431 e. The van der Waals surface area contributed by atoms with E-state index in [1.165, 1.54) is 11.8 Å². The third-order valence-electron chi connectivity index (χ3n) is 5.57. The summed E-state index contributed by atoms with van der Waals surface area (Å²) < 4.78 is 53.9. The highest BCUT2D eigenvalue weighted by Gasteiger charge is 2.45. The molecule has 0 spiro atoms. The van der Waals surface area contributed by atoms with Crippen molar-refractivity contribution in [3.05, 3.63) is 69.4 Å². The summed E-state index contributed by atoms with van der Waals surface area (Å²) in [6, 6.07) is 10.5. The molecule has 2 aromatic rings. The fourth-order valence-corrected chi connectivity index (χ4v) is 4.44. The average Bonchev–Trinajstić information content (AvgIpc) is 3.00. The second-order valence-electron chi connectivity index (χ2n) is 7.58. The van der Waals surface area contributed by atoms with E-state index in [4.69, 9.17) is 31.0 Å².